The van der Waals surface area contributed by atoms with Gasteiger partial charge in [-0.15, -0.1) is 0 Å². The number of likely N-dealkylation sites (N-methyl/N-ethyl adjacent to an activating group) is 1. The molecular weight excluding hydrogens is 314 g/mol. The first-order valence-corrected chi connectivity index (χ1v) is 7.46. The highest BCUT2D eigenvalue weighted by molar-refractivity contribution is 9.10. The molecule has 2 aromatic rings. The number of hydrogen-bond acceptors (Lipinski definition) is 3. The minimum atomic E-state index is 0.193. The molecule has 3 nitrogen and oxygen atoms in total. The molecule has 0 amide bonds. The van der Waals surface area contributed by atoms with Gasteiger partial charge < -0.3 is 5.73 Å². The fourth-order valence-corrected chi connectivity index (χ4v) is 3.09. The highest BCUT2D eigenvalue weighted by Crippen LogP contribution is 2.28. The van der Waals surface area contributed by atoms with Crippen LogP contribution in [0.25, 0.3) is 0 Å². The molecule has 0 radical (unpaired) electrons. The molecule has 20 heavy (non-hydrogen) atoms. The highest BCUT2D eigenvalue weighted by atomic mass is 79.9. The first kappa shape index (κ1) is 15.2. The van der Waals surface area contributed by atoms with Crippen LogP contribution in [0.2, 0.25) is 0 Å². The highest BCUT2D eigenvalue weighted by Gasteiger charge is 2.18. The van der Waals surface area contributed by atoms with Gasteiger partial charge in [0, 0.05) is 36.0 Å². The van der Waals surface area contributed by atoms with Gasteiger partial charge in [0.15, 0.2) is 0 Å². The Hall–Kier alpha value is -1.23. The number of nitrogens with two attached hydrogens (primary N) is 1. The average molecular weight is 334 g/mol. The van der Waals surface area contributed by atoms with Crippen molar-refractivity contribution in [3.63, 3.8) is 0 Å². The molecule has 0 bridgehead atoms. The molecule has 2 N–H and O–H groups in total. The Balaban J connectivity index is 2.19. The van der Waals surface area contributed by atoms with E-state index in [9.17, 15) is 0 Å². The van der Waals surface area contributed by atoms with Crippen LogP contribution >= 0.6 is 15.9 Å². The van der Waals surface area contributed by atoms with Crippen LogP contribution < -0.4 is 5.73 Å². The molecule has 0 aliphatic rings. The van der Waals surface area contributed by atoms with Crippen LogP contribution in [0, 0.1) is 6.92 Å². The molecule has 0 saturated heterocycles. The number of aromatic nitrogens is 1. The summed E-state index contributed by atoms with van der Waals surface area (Å²) in [4.78, 5) is 6.32. The minimum Gasteiger partial charge on any atom is -0.329 e. The van der Waals surface area contributed by atoms with Crippen molar-refractivity contribution in [1.82, 2.24) is 9.88 Å². The normalized spacial score (nSPS) is 12.7. The van der Waals surface area contributed by atoms with Crippen molar-refractivity contribution in [1.29, 1.82) is 0 Å². The summed E-state index contributed by atoms with van der Waals surface area (Å²) >= 11 is 3.65. The molecule has 1 heterocycles. The molecule has 1 aromatic heterocycles. The molecule has 0 saturated carbocycles. The number of rotatable bonds is 5. The largest absolute Gasteiger partial charge is 0.329 e. The van der Waals surface area contributed by atoms with E-state index in [1.807, 2.05) is 24.5 Å². The predicted molar refractivity (Wildman–Crippen MR) is 86.4 cm³/mol. The zero-order valence-corrected chi connectivity index (χ0v) is 13.5. The monoisotopic (exact) mass is 333 g/mol. The number of pyridine rings is 1. The molecule has 1 atom stereocenters. The zero-order valence-electron chi connectivity index (χ0n) is 11.9. The number of halogens is 1. The summed E-state index contributed by atoms with van der Waals surface area (Å²) in [6.07, 6.45) is 3.64. The van der Waals surface area contributed by atoms with Crippen LogP contribution in [0.1, 0.15) is 22.7 Å². The van der Waals surface area contributed by atoms with Crippen molar-refractivity contribution in [2.75, 3.05) is 13.6 Å². The van der Waals surface area contributed by atoms with Crippen LogP contribution in [0.3, 0.4) is 0 Å². The number of nitrogens with zero attached hydrogens (tertiary/aromatic N) is 2. The number of benzene rings is 1. The van der Waals surface area contributed by atoms with Crippen LogP contribution in [0.5, 0.6) is 0 Å². The Morgan fingerprint density at radius 1 is 1.25 bits per heavy atom. The van der Waals surface area contributed by atoms with Gasteiger partial charge >= 0.3 is 0 Å². The summed E-state index contributed by atoms with van der Waals surface area (Å²) in [5.41, 5.74) is 9.71. The summed E-state index contributed by atoms with van der Waals surface area (Å²) in [5, 5.41) is 0. The minimum absolute atomic E-state index is 0.193. The van der Waals surface area contributed by atoms with Gasteiger partial charge in [-0.25, -0.2) is 0 Å². The summed E-state index contributed by atoms with van der Waals surface area (Å²) < 4.78 is 1.12. The van der Waals surface area contributed by atoms with Crippen molar-refractivity contribution in [3.8, 4) is 0 Å². The van der Waals surface area contributed by atoms with E-state index in [-0.39, 0.29) is 6.04 Å². The summed E-state index contributed by atoms with van der Waals surface area (Å²) in [6, 6.07) is 10.7. The topological polar surface area (TPSA) is 42.1 Å². The predicted octanol–water partition coefficient (Wildman–Crippen LogP) is 3.28. The lowest BCUT2D eigenvalue weighted by Crippen LogP contribution is -2.30. The van der Waals surface area contributed by atoms with E-state index in [1.165, 1.54) is 16.7 Å². The maximum absolute atomic E-state index is 5.99. The van der Waals surface area contributed by atoms with Crippen LogP contribution in [-0.2, 0) is 6.54 Å². The molecule has 0 aliphatic carbocycles. The molecule has 4 heteroatoms. The molecule has 1 unspecified atom stereocenters. The molecule has 2 rings (SSSR count). The van der Waals surface area contributed by atoms with Gasteiger partial charge in [-0.05, 0) is 48.9 Å². The summed E-state index contributed by atoms with van der Waals surface area (Å²) in [5.74, 6) is 0. The lowest BCUT2D eigenvalue weighted by atomic mass is 10.0. The van der Waals surface area contributed by atoms with E-state index in [0.717, 1.165) is 11.0 Å². The Labute approximate surface area is 129 Å². The Morgan fingerprint density at radius 2 is 1.95 bits per heavy atom. The first-order chi connectivity index (χ1) is 9.61. The fraction of sp³-hybridized carbons (Fsp3) is 0.312. The van der Waals surface area contributed by atoms with E-state index in [4.69, 9.17) is 5.73 Å². The Morgan fingerprint density at radius 3 is 2.55 bits per heavy atom. The lowest BCUT2D eigenvalue weighted by Gasteiger charge is -2.28. The van der Waals surface area contributed by atoms with Crippen LogP contribution in [0.15, 0.2) is 47.2 Å². The number of aryl methyl sites for hydroxylation is 1. The van der Waals surface area contributed by atoms with E-state index >= 15 is 0 Å². The van der Waals surface area contributed by atoms with Gasteiger partial charge in [-0.3, -0.25) is 9.88 Å². The first-order valence-electron chi connectivity index (χ1n) is 6.67. The third kappa shape index (κ3) is 3.66. The molecule has 0 spiro atoms. The van der Waals surface area contributed by atoms with Crippen molar-refractivity contribution in [2.45, 2.75) is 19.5 Å². The second-order valence-corrected chi connectivity index (χ2v) is 5.90. The molecular formula is C16H20BrN3. The summed E-state index contributed by atoms with van der Waals surface area (Å²) in [6.45, 7) is 3.53. The summed E-state index contributed by atoms with van der Waals surface area (Å²) in [7, 11) is 2.10. The third-order valence-electron chi connectivity index (χ3n) is 3.45. The SMILES string of the molecule is Cc1ccc(C(CN)N(C)Cc2ccncc2)c(Br)c1. The standard InChI is InChI=1S/C16H20BrN3/c1-12-3-4-14(15(17)9-12)16(10-18)20(2)11-13-5-7-19-8-6-13/h3-9,16H,10-11,18H2,1-2H3. The lowest BCUT2D eigenvalue weighted by molar-refractivity contribution is 0.241. The van der Waals surface area contributed by atoms with Gasteiger partial charge in [0.25, 0.3) is 0 Å². The second-order valence-electron chi connectivity index (χ2n) is 5.05. The van der Waals surface area contributed by atoms with Gasteiger partial charge in [0.1, 0.15) is 0 Å². The molecule has 0 aliphatic heterocycles. The molecule has 1 aromatic carbocycles. The second kappa shape index (κ2) is 6.97. The van der Waals surface area contributed by atoms with Crippen molar-refractivity contribution < 1.29 is 0 Å². The van der Waals surface area contributed by atoms with Crippen molar-refractivity contribution in [3.05, 3.63) is 63.9 Å². The zero-order chi connectivity index (χ0) is 14.5. The van der Waals surface area contributed by atoms with Crippen molar-refractivity contribution in [2.24, 2.45) is 5.73 Å². The van der Waals surface area contributed by atoms with Gasteiger partial charge in [0.2, 0.25) is 0 Å². The van der Waals surface area contributed by atoms with Crippen LogP contribution in [-0.4, -0.2) is 23.5 Å². The molecule has 0 fully saturated rings. The van der Waals surface area contributed by atoms with E-state index < -0.39 is 0 Å². The smallest absolute Gasteiger partial charge is 0.0482 e. The van der Waals surface area contributed by atoms with E-state index in [2.05, 4.69) is 58.0 Å². The fourth-order valence-electron chi connectivity index (χ4n) is 2.33. The van der Waals surface area contributed by atoms with E-state index in [0.29, 0.717) is 6.54 Å². The van der Waals surface area contributed by atoms with Crippen molar-refractivity contribution >= 4 is 15.9 Å². The maximum atomic E-state index is 5.99. The third-order valence-corrected chi connectivity index (χ3v) is 4.14. The van der Waals surface area contributed by atoms with E-state index in [1.54, 1.807) is 0 Å². The van der Waals surface area contributed by atoms with Gasteiger partial charge in [0.05, 0.1) is 0 Å². The van der Waals surface area contributed by atoms with Gasteiger partial charge in [-0.1, -0.05) is 28.1 Å². The van der Waals surface area contributed by atoms with Gasteiger partial charge in [-0.2, -0.15) is 0 Å². The number of hydrogen-bond donors (Lipinski definition) is 1. The maximum Gasteiger partial charge on any atom is 0.0482 e. The Bertz CT molecular complexity index is 557. The average Bonchev–Trinajstić information content (AvgIpc) is 2.43. The quantitative estimate of drug-likeness (QED) is 0.912. The molecule has 106 valence electrons. The Kier molecular flexibility index (Phi) is 5.29. The van der Waals surface area contributed by atoms with Crippen LogP contribution in [0.4, 0.5) is 0 Å².